The summed E-state index contributed by atoms with van der Waals surface area (Å²) in [6, 6.07) is 26.7. The summed E-state index contributed by atoms with van der Waals surface area (Å²) < 4.78 is 1.95. The van der Waals surface area contributed by atoms with Gasteiger partial charge in [-0.05, 0) is 61.6 Å². The molecule has 1 aliphatic heterocycles. The summed E-state index contributed by atoms with van der Waals surface area (Å²) in [5.41, 5.74) is 4.31. The van der Waals surface area contributed by atoms with Crippen LogP contribution < -0.4 is 5.69 Å². The molecule has 0 aliphatic carbocycles. The molecule has 3 aromatic carbocycles. The number of imidazole rings is 1. The number of piperidine rings is 1. The van der Waals surface area contributed by atoms with Crippen molar-refractivity contribution in [1.29, 1.82) is 0 Å². The Morgan fingerprint density at radius 2 is 1.54 bits per heavy atom. The van der Waals surface area contributed by atoms with Gasteiger partial charge in [0, 0.05) is 33.2 Å². The lowest BCUT2D eigenvalue weighted by Gasteiger charge is -2.39. The molecule has 6 heteroatoms. The summed E-state index contributed by atoms with van der Waals surface area (Å²) in [4.78, 5) is 33.9. The SMILES string of the molecule is Cc1ccc2[nH]c(=O)n(C3CCN(CCC(C(=O)N(C)C)(c4ccccc4)c4ccccc4)CC3)c2c1. The lowest BCUT2D eigenvalue weighted by Crippen LogP contribution is -2.47. The van der Waals surface area contributed by atoms with E-state index in [1.54, 1.807) is 4.90 Å². The summed E-state index contributed by atoms with van der Waals surface area (Å²) in [6.45, 7) is 4.65. The van der Waals surface area contributed by atoms with Gasteiger partial charge in [-0.3, -0.25) is 9.36 Å². The second-order valence-electron chi connectivity index (χ2n) is 10.5. The Kier molecular flexibility index (Phi) is 7.02. The van der Waals surface area contributed by atoms with E-state index >= 15 is 0 Å². The zero-order valence-electron chi connectivity index (χ0n) is 22.0. The third kappa shape index (κ3) is 4.74. The number of nitrogens with one attached hydrogen (secondary N) is 1. The van der Waals surface area contributed by atoms with Gasteiger partial charge in [-0.15, -0.1) is 0 Å². The first kappa shape index (κ1) is 25.0. The van der Waals surface area contributed by atoms with Crippen LogP contribution in [0.4, 0.5) is 0 Å². The van der Waals surface area contributed by atoms with Gasteiger partial charge in [0.25, 0.3) is 0 Å². The van der Waals surface area contributed by atoms with Crippen molar-refractivity contribution in [2.24, 2.45) is 0 Å². The number of hydrogen-bond donors (Lipinski definition) is 1. The number of aromatic amines is 1. The van der Waals surface area contributed by atoms with Gasteiger partial charge in [0.15, 0.2) is 0 Å². The number of likely N-dealkylation sites (N-methyl/N-ethyl adjacent to an activating group) is 1. The monoisotopic (exact) mass is 496 g/mol. The molecule has 1 aliphatic rings. The van der Waals surface area contributed by atoms with Crippen LogP contribution in [0, 0.1) is 6.92 Å². The number of nitrogens with zero attached hydrogens (tertiary/aromatic N) is 3. The molecule has 0 bridgehead atoms. The minimum absolute atomic E-state index is 0.0252. The molecule has 0 unspecified atom stereocenters. The van der Waals surface area contributed by atoms with Gasteiger partial charge < -0.3 is 14.8 Å². The van der Waals surface area contributed by atoms with Gasteiger partial charge in [0.1, 0.15) is 5.41 Å². The summed E-state index contributed by atoms with van der Waals surface area (Å²) in [5, 5.41) is 0. The molecule has 6 nitrogen and oxygen atoms in total. The Labute approximate surface area is 218 Å². The summed E-state index contributed by atoms with van der Waals surface area (Å²) in [7, 11) is 3.68. The van der Waals surface area contributed by atoms with Crippen LogP contribution in [0.15, 0.2) is 83.7 Å². The second kappa shape index (κ2) is 10.4. The van der Waals surface area contributed by atoms with E-state index in [9.17, 15) is 9.59 Å². The molecule has 0 radical (unpaired) electrons. The largest absolute Gasteiger partial charge is 0.348 e. The van der Waals surface area contributed by atoms with Crippen LogP contribution in [0.3, 0.4) is 0 Å². The maximum Gasteiger partial charge on any atom is 0.326 e. The van der Waals surface area contributed by atoms with Gasteiger partial charge >= 0.3 is 5.69 Å². The van der Waals surface area contributed by atoms with Crippen molar-refractivity contribution < 1.29 is 4.79 Å². The van der Waals surface area contributed by atoms with E-state index in [0.29, 0.717) is 6.42 Å². The van der Waals surface area contributed by atoms with Crippen molar-refractivity contribution in [3.05, 3.63) is 106 Å². The van der Waals surface area contributed by atoms with Gasteiger partial charge in [0.2, 0.25) is 5.91 Å². The Morgan fingerprint density at radius 1 is 0.946 bits per heavy atom. The van der Waals surface area contributed by atoms with Crippen LogP contribution in [0.25, 0.3) is 11.0 Å². The molecule has 37 heavy (non-hydrogen) atoms. The molecule has 1 N–H and O–H groups in total. The topological polar surface area (TPSA) is 61.3 Å². The van der Waals surface area contributed by atoms with E-state index in [-0.39, 0.29) is 17.6 Å². The highest BCUT2D eigenvalue weighted by Crippen LogP contribution is 2.38. The molecule has 2 heterocycles. The first-order chi connectivity index (χ1) is 17.9. The molecule has 0 atom stereocenters. The third-order valence-electron chi connectivity index (χ3n) is 7.90. The normalized spacial score (nSPS) is 15.2. The van der Waals surface area contributed by atoms with E-state index in [0.717, 1.165) is 60.2 Å². The van der Waals surface area contributed by atoms with Crippen LogP contribution >= 0.6 is 0 Å². The number of carbonyl (C=O) groups is 1. The number of carbonyl (C=O) groups excluding carboxylic acids is 1. The summed E-state index contributed by atoms with van der Waals surface area (Å²) in [6.07, 6.45) is 2.51. The fourth-order valence-electron chi connectivity index (χ4n) is 5.96. The number of benzene rings is 3. The molecule has 192 valence electrons. The van der Waals surface area contributed by atoms with Crippen LogP contribution in [0.2, 0.25) is 0 Å². The van der Waals surface area contributed by atoms with Crippen molar-refractivity contribution in [3.8, 4) is 0 Å². The van der Waals surface area contributed by atoms with Crippen molar-refractivity contribution in [2.75, 3.05) is 33.7 Å². The van der Waals surface area contributed by atoms with E-state index in [2.05, 4.69) is 47.1 Å². The molecular formula is C31H36N4O2. The molecule has 0 spiro atoms. The van der Waals surface area contributed by atoms with Crippen molar-refractivity contribution in [2.45, 2.75) is 37.6 Å². The van der Waals surface area contributed by atoms with Gasteiger partial charge in [-0.25, -0.2) is 4.79 Å². The summed E-state index contributed by atoms with van der Waals surface area (Å²) in [5.74, 6) is 0.0977. The maximum atomic E-state index is 13.9. The average molecular weight is 497 g/mol. The Balaban J connectivity index is 1.38. The molecule has 4 aromatic rings. The molecule has 5 rings (SSSR count). The quantitative estimate of drug-likeness (QED) is 0.402. The van der Waals surface area contributed by atoms with Crippen molar-refractivity contribution in [1.82, 2.24) is 19.4 Å². The fourth-order valence-corrected chi connectivity index (χ4v) is 5.96. The zero-order valence-corrected chi connectivity index (χ0v) is 22.0. The molecule has 1 aromatic heterocycles. The van der Waals surface area contributed by atoms with Crippen LogP contribution in [0.5, 0.6) is 0 Å². The lowest BCUT2D eigenvalue weighted by atomic mass is 9.70. The van der Waals surface area contributed by atoms with Crippen LogP contribution in [0.1, 0.15) is 42.0 Å². The number of rotatable bonds is 7. The minimum atomic E-state index is -0.756. The van der Waals surface area contributed by atoms with E-state index < -0.39 is 5.41 Å². The highest BCUT2D eigenvalue weighted by Gasteiger charge is 2.43. The highest BCUT2D eigenvalue weighted by molar-refractivity contribution is 5.92. The number of hydrogen-bond acceptors (Lipinski definition) is 3. The first-order valence-electron chi connectivity index (χ1n) is 13.2. The fraction of sp³-hybridized carbons (Fsp3) is 0.355. The van der Waals surface area contributed by atoms with Crippen molar-refractivity contribution >= 4 is 16.9 Å². The first-order valence-corrected chi connectivity index (χ1v) is 13.2. The van der Waals surface area contributed by atoms with E-state index in [1.807, 2.05) is 67.2 Å². The number of likely N-dealkylation sites (tertiary alicyclic amines) is 1. The van der Waals surface area contributed by atoms with Crippen LogP contribution in [-0.4, -0.2) is 59.0 Å². The lowest BCUT2D eigenvalue weighted by molar-refractivity contribution is -0.133. The van der Waals surface area contributed by atoms with Crippen LogP contribution in [-0.2, 0) is 10.2 Å². The predicted octanol–water partition coefficient (Wildman–Crippen LogP) is 4.74. The molecule has 1 saturated heterocycles. The zero-order chi connectivity index (χ0) is 26.0. The van der Waals surface area contributed by atoms with E-state index in [1.165, 1.54) is 0 Å². The standard InChI is InChI=1S/C31H36N4O2/c1-23-14-15-27-28(22-23)35(30(37)32-27)26-16-19-34(20-17-26)21-18-31(29(36)33(2)3,24-10-6-4-7-11-24)25-12-8-5-9-13-25/h4-15,22,26H,16-21H2,1-3H3,(H,32,37). The smallest absolute Gasteiger partial charge is 0.326 e. The average Bonchev–Trinajstić information content (AvgIpc) is 3.25. The Morgan fingerprint density at radius 3 is 2.11 bits per heavy atom. The van der Waals surface area contributed by atoms with Gasteiger partial charge in [-0.2, -0.15) is 0 Å². The number of H-pyrrole nitrogens is 1. The van der Waals surface area contributed by atoms with E-state index in [4.69, 9.17) is 0 Å². The number of aryl methyl sites for hydroxylation is 1. The number of aromatic nitrogens is 2. The Bertz CT molecular complexity index is 1370. The van der Waals surface area contributed by atoms with Crippen molar-refractivity contribution in [3.63, 3.8) is 0 Å². The number of fused-ring (bicyclic) bond motifs is 1. The highest BCUT2D eigenvalue weighted by atomic mass is 16.2. The maximum absolute atomic E-state index is 13.9. The third-order valence-corrected chi connectivity index (χ3v) is 7.90. The molecule has 1 fully saturated rings. The molecular weight excluding hydrogens is 460 g/mol. The second-order valence-corrected chi connectivity index (χ2v) is 10.5. The molecule has 0 saturated carbocycles. The van der Waals surface area contributed by atoms with Gasteiger partial charge in [-0.1, -0.05) is 66.7 Å². The Hall–Kier alpha value is -3.64. The molecule has 1 amide bonds. The minimum Gasteiger partial charge on any atom is -0.348 e. The predicted molar refractivity (Wildman–Crippen MR) is 149 cm³/mol. The summed E-state index contributed by atoms with van der Waals surface area (Å²) >= 11 is 0. The van der Waals surface area contributed by atoms with Gasteiger partial charge in [0.05, 0.1) is 11.0 Å². The number of amides is 1.